The van der Waals surface area contributed by atoms with Crippen LogP contribution in [-0.2, 0) is 6.42 Å². The van der Waals surface area contributed by atoms with Gasteiger partial charge in [0, 0.05) is 13.5 Å². The minimum absolute atomic E-state index is 0. The summed E-state index contributed by atoms with van der Waals surface area (Å²) >= 11 is 0. The smallest absolute Gasteiger partial charge is 0.251 e. The highest BCUT2D eigenvalue weighted by Gasteiger charge is 2.22. The fraction of sp³-hybridized carbons (Fsp3) is 0.424. The first-order chi connectivity index (χ1) is 17.0. The molecule has 0 aromatic heterocycles. The first kappa shape index (κ1) is 28.4. The molecule has 35 heavy (non-hydrogen) atoms. The van der Waals surface area contributed by atoms with Gasteiger partial charge in [-0.25, -0.2) is 0 Å². The summed E-state index contributed by atoms with van der Waals surface area (Å²) in [5, 5.41) is 3.04. The van der Waals surface area contributed by atoms with Crippen molar-refractivity contribution in [3.05, 3.63) is 95.6 Å². The molecule has 0 aliphatic heterocycles. The predicted molar refractivity (Wildman–Crippen MR) is 154 cm³/mol. The summed E-state index contributed by atoms with van der Waals surface area (Å²) in [7, 11) is 0. The van der Waals surface area contributed by atoms with Crippen LogP contribution in [0, 0.1) is 11.8 Å². The van der Waals surface area contributed by atoms with E-state index in [4.69, 9.17) is 0 Å². The second-order valence-corrected chi connectivity index (χ2v) is 9.41. The summed E-state index contributed by atoms with van der Waals surface area (Å²) in [5.41, 5.74) is 5.72. The molecule has 1 N–H and O–H groups in total. The third-order valence-corrected chi connectivity index (χ3v) is 6.80. The van der Waals surface area contributed by atoms with Gasteiger partial charge in [0.1, 0.15) is 0 Å². The fourth-order valence-electron chi connectivity index (χ4n) is 4.78. The second-order valence-electron chi connectivity index (χ2n) is 9.41. The van der Waals surface area contributed by atoms with Gasteiger partial charge in [0.15, 0.2) is 0 Å². The Morgan fingerprint density at radius 3 is 2.09 bits per heavy atom. The highest BCUT2D eigenvalue weighted by molar-refractivity contribution is 6.01. The molecule has 3 atom stereocenters. The van der Waals surface area contributed by atoms with Gasteiger partial charge in [-0.3, -0.25) is 4.79 Å². The van der Waals surface area contributed by atoms with E-state index in [0.29, 0.717) is 24.3 Å². The van der Waals surface area contributed by atoms with Crippen molar-refractivity contribution < 1.29 is 6.22 Å². The van der Waals surface area contributed by atoms with Crippen molar-refractivity contribution in [3.8, 4) is 11.1 Å². The van der Waals surface area contributed by atoms with Crippen molar-refractivity contribution in [3.63, 3.8) is 0 Å². The molecule has 0 saturated carbocycles. The Morgan fingerprint density at radius 1 is 0.829 bits per heavy atom. The van der Waals surface area contributed by atoms with Crippen LogP contribution in [0.15, 0.2) is 78.9 Å². The Labute approximate surface area is 215 Å². The molecule has 0 radical (unpaired) electrons. The summed E-state index contributed by atoms with van der Waals surface area (Å²) in [4.78, 5) is 12.8. The SMILES string of the molecule is CC.CCCNC(=O)c1ccccc1-c1ccccc1CC(C)CC(c1ccccc1)C(C)CC.[HH]. The normalized spacial score (nSPS) is 13.2. The van der Waals surface area contributed by atoms with Gasteiger partial charge < -0.3 is 5.32 Å². The minimum atomic E-state index is 0. The number of rotatable bonds is 11. The summed E-state index contributed by atoms with van der Waals surface area (Å²) < 4.78 is 0. The van der Waals surface area contributed by atoms with Gasteiger partial charge in [0.2, 0.25) is 0 Å². The molecule has 2 nitrogen and oxygen atoms in total. The lowest BCUT2D eigenvalue weighted by Gasteiger charge is -2.27. The lowest BCUT2D eigenvalue weighted by atomic mass is 9.78. The number of carbonyl (C=O) groups excluding carboxylic acids is 1. The van der Waals surface area contributed by atoms with Gasteiger partial charge in [-0.2, -0.15) is 0 Å². The summed E-state index contributed by atoms with van der Waals surface area (Å²) in [6.07, 6.45) is 4.27. The Hall–Kier alpha value is -2.87. The molecule has 3 aromatic rings. The maximum absolute atomic E-state index is 12.8. The van der Waals surface area contributed by atoms with Crippen LogP contribution in [0.2, 0.25) is 0 Å². The van der Waals surface area contributed by atoms with Crippen molar-refractivity contribution in [2.45, 2.75) is 73.1 Å². The molecule has 0 fully saturated rings. The van der Waals surface area contributed by atoms with Crippen molar-refractivity contribution >= 4 is 5.91 Å². The number of benzene rings is 3. The molecule has 3 unspecified atom stereocenters. The van der Waals surface area contributed by atoms with Gasteiger partial charge in [0.25, 0.3) is 5.91 Å². The number of nitrogens with one attached hydrogen (secondary N) is 1. The van der Waals surface area contributed by atoms with E-state index in [1.807, 2.05) is 32.0 Å². The van der Waals surface area contributed by atoms with E-state index < -0.39 is 0 Å². The first-order valence-corrected chi connectivity index (χ1v) is 13.6. The van der Waals surface area contributed by atoms with Gasteiger partial charge in [0.05, 0.1) is 0 Å². The lowest BCUT2D eigenvalue weighted by Crippen LogP contribution is -2.24. The first-order valence-electron chi connectivity index (χ1n) is 13.6. The maximum atomic E-state index is 12.8. The van der Waals surface area contributed by atoms with E-state index in [2.05, 4.69) is 93.7 Å². The monoisotopic (exact) mass is 473 g/mol. The average Bonchev–Trinajstić information content (AvgIpc) is 2.92. The van der Waals surface area contributed by atoms with E-state index in [0.717, 1.165) is 30.4 Å². The molecule has 3 rings (SSSR count). The van der Waals surface area contributed by atoms with Crippen LogP contribution in [-0.4, -0.2) is 12.5 Å². The zero-order chi connectivity index (χ0) is 25.6. The average molecular weight is 474 g/mol. The molecule has 0 spiro atoms. The van der Waals surface area contributed by atoms with Crippen LogP contribution in [0.25, 0.3) is 11.1 Å². The highest BCUT2D eigenvalue weighted by Crippen LogP contribution is 2.35. The molecule has 0 aliphatic rings. The standard InChI is InChI=1S/C31H39NO.C2H6.H2/c1-5-20-32-31(33)29-19-13-12-18-28(29)27-17-11-10-16-26(27)21-23(3)22-30(24(4)6-2)25-14-8-7-9-15-25;1-2;/h7-19,23-24,30H,5-6,20-22H2,1-4H3,(H,32,33);1-2H3;1H. The second kappa shape index (κ2) is 15.2. The van der Waals surface area contributed by atoms with Gasteiger partial charge in [-0.15, -0.1) is 0 Å². The van der Waals surface area contributed by atoms with E-state index in [9.17, 15) is 4.79 Å². The number of carbonyl (C=O) groups is 1. The van der Waals surface area contributed by atoms with Gasteiger partial charge >= 0.3 is 0 Å². The van der Waals surface area contributed by atoms with Crippen LogP contribution >= 0.6 is 0 Å². The molecular formula is C33H47NO. The van der Waals surface area contributed by atoms with Crippen LogP contribution in [0.5, 0.6) is 0 Å². The topological polar surface area (TPSA) is 29.1 Å². The molecule has 0 heterocycles. The Balaban J connectivity index is 0.00000211. The molecule has 2 heteroatoms. The molecule has 1 amide bonds. The molecule has 0 bridgehead atoms. The van der Waals surface area contributed by atoms with Crippen molar-refractivity contribution in [1.82, 2.24) is 5.32 Å². The number of amides is 1. The van der Waals surface area contributed by atoms with Crippen molar-refractivity contribution in [2.24, 2.45) is 11.8 Å². The van der Waals surface area contributed by atoms with E-state index in [1.165, 1.54) is 23.1 Å². The largest absolute Gasteiger partial charge is 0.352 e. The van der Waals surface area contributed by atoms with E-state index >= 15 is 0 Å². The lowest BCUT2D eigenvalue weighted by molar-refractivity contribution is 0.0954. The Bertz CT molecular complexity index is 1020. The van der Waals surface area contributed by atoms with Crippen LogP contribution in [0.1, 0.15) is 89.6 Å². The maximum Gasteiger partial charge on any atom is 0.251 e. The fourth-order valence-corrected chi connectivity index (χ4v) is 4.78. The Morgan fingerprint density at radius 2 is 1.43 bits per heavy atom. The molecule has 0 saturated heterocycles. The summed E-state index contributed by atoms with van der Waals surface area (Å²) in [5.74, 6) is 1.75. The molecule has 3 aromatic carbocycles. The Kier molecular flexibility index (Phi) is 12.3. The van der Waals surface area contributed by atoms with Gasteiger partial charge in [-0.1, -0.05) is 121 Å². The molecule has 0 aliphatic carbocycles. The summed E-state index contributed by atoms with van der Waals surface area (Å²) in [6.45, 7) is 13.8. The van der Waals surface area contributed by atoms with Gasteiger partial charge in [-0.05, 0) is 65.3 Å². The van der Waals surface area contributed by atoms with Crippen molar-refractivity contribution in [1.29, 1.82) is 0 Å². The van der Waals surface area contributed by atoms with Crippen molar-refractivity contribution in [2.75, 3.05) is 6.54 Å². The number of hydrogen-bond acceptors (Lipinski definition) is 1. The van der Waals surface area contributed by atoms with Crippen LogP contribution < -0.4 is 5.32 Å². The van der Waals surface area contributed by atoms with E-state index in [1.54, 1.807) is 0 Å². The quantitative estimate of drug-likeness (QED) is 0.295. The van der Waals surface area contributed by atoms with Crippen LogP contribution in [0.3, 0.4) is 0 Å². The summed E-state index contributed by atoms with van der Waals surface area (Å²) in [6, 6.07) is 27.6. The van der Waals surface area contributed by atoms with E-state index in [-0.39, 0.29) is 7.33 Å². The zero-order valence-electron chi connectivity index (χ0n) is 22.7. The number of hydrogen-bond donors (Lipinski definition) is 1. The molecular weight excluding hydrogens is 426 g/mol. The third-order valence-electron chi connectivity index (χ3n) is 6.80. The predicted octanol–water partition coefficient (Wildman–Crippen LogP) is 9.16. The third kappa shape index (κ3) is 8.09. The zero-order valence-corrected chi connectivity index (χ0v) is 22.7. The molecule has 190 valence electrons. The minimum Gasteiger partial charge on any atom is -0.352 e. The van der Waals surface area contributed by atoms with Crippen LogP contribution in [0.4, 0.5) is 0 Å². The highest BCUT2D eigenvalue weighted by atomic mass is 16.1.